The largest absolute Gasteiger partial charge is 0.347 e. The van der Waals surface area contributed by atoms with Gasteiger partial charge in [-0.05, 0) is 70.3 Å². The molecule has 2 aromatic rings. The maximum atomic E-state index is 3.58. The van der Waals surface area contributed by atoms with Crippen molar-refractivity contribution in [1.82, 2.24) is 9.47 Å². The van der Waals surface area contributed by atoms with E-state index < -0.39 is 0 Å². The molecule has 0 saturated carbocycles. The first-order chi connectivity index (χ1) is 9.86. The number of hydrogen-bond donors (Lipinski definition) is 0. The van der Waals surface area contributed by atoms with Crippen molar-refractivity contribution in [3.63, 3.8) is 0 Å². The molecule has 3 rings (SSSR count). The molecule has 2 heterocycles. The highest BCUT2D eigenvalue weighted by molar-refractivity contribution is 9.10. The van der Waals surface area contributed by atoms with Crippen molar-refractivity contribution in [2.45, 2.75) is 45.1 Å². The number of aromatic nitrogens is 1. The highest BCUT2D eigenvalue weighted by Crippen LogP contribution is 2.34. The van der Waals surface area contributed by atoms with Crippen LogP contribution in [0.4, 0.5) is 0 Å². The first-order valence-electron chi connectivity index (χ1n) is 7.86. The van der Waals surface area contributed by atoms with E-state index >= 15 is 0 Å². The fourth-order valence-electron chi connectivity index (χ4n) is 3.56. The minimum absolute atomic E-state index is 0.300. The maximum Gasteiger partial charge on any atom is 0.0491 e. The molecule has 1 aromatic heterocycles. The van der Waals surface area contributed by atoms with Gasteiger partial charge in [0.05, 0.1) is 0 Å². The third-order valence-electron chi connectivity index (χ3n) is 4.91. The Morgan fingerprint density at radius 2 is 1.76 bits per heavy atom. The zero-order valence-electron chi connectivity index (χ0n) is 13.5. The van der Waals surface area contributed by atoms with E-state index in [-0.39, 0.29) is 0 Å². The molecule has 1 fully saturated rings. The monoisotopic (exact) mass is 348 g/mol. The SMILES string of the molecule is Cn1c(C2CCN(C(C)(C)C)CC2)cc2ccc(Br)cc21. The van der Waals surface area contributed by atoms with Gasteiger partial charge >= 0.3 is 0 Å². The second kappa shape index (κ2) is 5.44. The molecule has 0 aliphatic carbocycles. The van der Waals surface area contributed by atoms with Crippen LogP contribution < -0.4 is 0 Å². The molecule has 3 heteroatoms. The number of benzene rings is 1. The molecule has 0 N–H and O–H groups in total. The zero-order valence-corrected chi connectivity index (χ0v) is 15.1. The molecule has 0 atom stereocenters. The van der Waals surface area contributed by atoms with Gasteiger partial charge in [-0.15, -0.1) is 0 Å². The Balaban J connectivity index is 1.84. The first kappa shape index (κ1) is 15.1. The van der Waals surface area contributed by atoms with Crippen LogP contribution in [-0.2, 0) is 7.05 Å². The fourth-order valence-corrected chi connectivity index (χ4v) is 3.91. The minimum Gasteiger partial charge on any atom is -0.347 e. The molecular weight excluding hydrogens is 324 g/mol. The Morgan fingerprint density at radius 3 is 2.38 bits per heavy atom. The molecule has 21 heavy (non-hydrogen) atoms. The van der Waals surface area contributed by atoms with Gasteiger partial charge in [-0.2, -0.15) is 0 Å². The number of nitrogens with zero attached hydrogens (tertiary/aromatic N) is 2. The normalized spacial score (nSPS) is 18.5. The first-order valence-corrected chi connectivity index (χ1v) is 8.65. The molecule has 2 nitrogen and oxygen atoms in total. The van der Waals surface area contributed by atoms with E-state index in [1.807, 2.05) is 0 Å². The van der Waals surface area contributed by atoms with Crippen LogP contribution in [0.15, 0.2) is 28.7 Å². The van der Waals surface area contributed by atoms with Crippen molar-refractivity contribution < 1.29 is 0 Å². The third-order valence-corrected chi connectivity index (χ3v) is 5.40. The number of piperidine rings is 1. The van der Waals surface area contributed by atoms with Gasteiger partial charge < -0.3 is 4.57 Å². The topological polar surface area (TPSA) is 8.17 Å². The summed E-state index contributed by atoms with van der Waals surface area (Å²) >= 11 is 3.58. The molecule has 0 amide bonds. The number of likely N-dealkylation sites (tertiary alicyclic amines) is 1. The van der Waals surface area contributed by atoms with Gasteiger partial charge in [0.25, 0.3) is 0 Å². The molecule has 0 bridgehead atoms. The average molecular weight is 349 g/mol. The van der Waals surface area contributed by atoms with Gasteiger partial charge in [0.2, 0.25) is 0 Å². The van der Waals surface area contributed by atoms with Gasteiger partial charge in [0.15, 0.2) is 0 Å². The lowest BCUT2D eigenvalue weighted by Crippen LogP contribution is -2.45. The van der Waals surface area contributed by atoms with Gasteiger partial charge in [-0.25, -0.2) is 0 Å². The molecule has 0 radical (unpaired) electrons. The predicted octanol–water partition coefficient (Wildman–Crippen LogP) is 4.92. The van der Waals surface area contributed by atoms with Crippen LogP contribution in [0.5, 0.6) is 0 Å². The molecule has 1 aliphatic heterocycles. The van der Waals surface area contributed by atoms with Crippen LogP contribution in [0, 0.1) is 0 Å². The van der Waals surface area contributed by atoms with E-state index in [0.717, 1.165) is 4.47 Å². The van der Waals surface area contributed by atoms with E-state index in [4.69, 9.17) is 0 Å². The van der Waals surface area contributed by atoms with Crippen molar-refractivity contribution in [1.29, 1.82) is 0 Å². The Kier molecular flexibility index (Phi) is 3.91. The fraction of sp³-hybridized carbons (Fsp3) is 0.556. The molecule has 114 valence electrons. The van der Waals surface area contributed by atoms with Crippen LogP contribution in [0.2, 0.25) is 0 Å². The lowest BCUT2D eigenvalue weighted by atomic mass is 9.90. The van der Waals surface area contributed by atoms with E-state index in [1.54, 1.807) is 0 Å². The van der Waals surface area contributed by atoms with E-state index in [9.17, 15) is 0 Å². The summed E-state index contributed by atoms with van der Waals surface area (Å²) in [6, 6.07) is 8.96. The third kappa shape index (κ3) is 2.91. The van der Waals surface area contributed by atoms with Crippen molar-refractivity contribution in [3.05, 3.63) is 34.4 Å². The van der Waals surface area contributed by atoms with E-state index in [2.05, 4.69) is 77.5 Å². The number of aryl methyl sites for hydroxylation is 1. The summed E-state index contributed by atoms with van der Waals surface area (Å²) in [6.07, 6.45) is 2.53. The van der Waals surface area contributed by atoms with Crippen LogP contribution in [0.3, 0.4) is 0 Å². The molecule has 0 spiro atoms. The second-order valence-corrected chi connectivity index (χ2v) is 8.18. The Hall–Kier alpha value is -0.800. The minimum atomic E-state index is 0.300. The molecule has 0 unspecified atom stereocenters. The molecule has 1 saturated heterocycles. The Bertz CT molecular complexity index is 643. The summed E-state index contributed by atoms with van der Waals surface area (Å²) < 4.78 is 3.54. The van der Waals surface area contributed by atoms with Crippen LogP contribution >= 0.6 is 15.9 Å². The highest BCUT2D eigenvalue weighted by atomic mass is 79.9. The smallest absolute Gasteiger partial charge is 0.0491 e. The maximum absolute atomic E-state index is 3.58. The lowest BCUT2D eigenvalue weighted by molar-refractivity contribution is 0.101. The summed E-state index contributed by atoms with van der Waals surface area (Å²) in [7, 11) is 2.21. The quantitative estimate of drug-likeness (QED) is 0.710. The van der Waals surface area contributed by atoms with Crippen LogP contribution in [-0.4, -0.2) is 28.1 Å². The number of rotatable bonds is 1. The van der Waals surface area contributed by atoms with Crippen molar-refractivity contribution in [3.8, 4) is 0 Å². The Labute approximate surface area is 136 Å². The van der Waals surface area contributed by atoms with Gasteiger partial charge in [-0.1, -0.05) is 22.0 Å². The summed E-state index contributed by atoms with van der Waals surface area (Å²) in [6.45, 7) is 9.38. The number of halogens is 1. The van der Waals surface area contributed by atoms with E-state index in [0.29, 0.717) is 11.5 Å². The Morgan fingerprint density at radius 1 is 1.10 bits per heavy atom. The summed E-state index contributed by atoms with van der Waals surface area (Å²) in [5.74, 6) is 0.694. The summed E-state index contributed by atoms with van der Waals surface area (Å²) in [4.78, 5) is 2.61. The molecule has 1 aliphatic rings. The van der Waals surface area contributed by atoms with Crippen LogP contribution in [0.1, 0.15) is 45.2 Å². The van der Waals surface area contributed by atoms with Gasteiger partial charge in [0, 0.05) is 34.2 Å². The highest BCUT2D eigenvalue weighted by Gasteiger charge is 2.28. The molecule has 1 aromatic carbocycles. The average Bonchev–Trinajstić information content (AvgIpc) is 2.75. The number of fused-ring (bicyclic) bond motifs is 1. The van der Waals surface area contributed by atoms with E-state index in [1.165, 1.54) is 42.5 Å². The second-order valence-electron chi connectivity index (χ2n) is 7.26. The molecular formula is C18H25BrN2. The standard InChI is InChI=1S/C18H25BrN2/c1-18(2,3)21-9-7-13(8-10-21)16-11-14-5-6-15(19)12-17(14)20(16)4/h5-6,11-13H,7-10H2,1-4H3. The van der Waals surface area contributed by atoms with Gasteiger partial charge in [0.1, 0.15) is 0 Å². The zero-order chi connectivity index (χ0) is 15.2. The van der Waals surface area contributed by atoms with Crippen molar-refractivity contribution in [2.24, 2.45) is 7.05 Å². The summed E-state index contributed by atoms with van der Waals surface area (Å²) in [5, 5.41) is 1.36. The predicted molar refractivity (Wildman–Crippen MR) is 93.9 cm³/mol. The summed E-state index contributed by atoms with van der Waals surface area (Å²) in [5.41, 5.74) is 3.13. The number of hydrogen-bond acceptors (Lipinski definition) is 1. The van der Waals surface area contributed by atoms with Gasteiger partial charge in [-0.3, -0.25) is 4.90 Å². The van der Waals surface area contributed by atoms with Crippen LogP contribution in [0.25, 0.3) is 10.9 Å². The van der Waals surface area contributed by atoms with Crippen molar-refractivity contribution in [2.75, 3.05) is 13.1 Å². The lowest BCUT2D eigenvalue weighted by Gasteiger charge is -2.41. The van der Waals surface area contributed by atoms with Crippen molar-refractivity contribution >= 4 is 26.8 Å².